The smallest absolute Gasteiger partial charge is 0.271 e. The maximum Gasteiger partial charge on any atom is 0.271 e. The molecule has 0 saturated heterocycles. The second kappa shape index (κ2) is 5.64. The van der Waals surface area contributed by atoms with Gasteiger partial charge in [-0.25, -0.2) is 4.98 Å². The van der Waals surface area contributed by atoms with E-state index in [1.807, 2.05) is 37.2 Å². The third kappa shape index (κ3) is 3.07. The average Bonchev–Trinajstić information content (AvgIpc) is 2.90. The average molecular weight is 261 g/mol. The van der Waals surface area contributed by atoms with Crippen LogP contribution >= 0.6 is 11.3 Å². The van der Waals surface area contributed by atoms with E-state index in [0.29, 0.717) is 12.2 Å². The first-order valence-electron chi connectivity index (χ1n) is 5.59. The number of thiazole rings is 1. The van der Waals surface area contributed by atoms with Crippen molar-refractivity contribution in [3.05, 3.63) is 46.4 Å². The lowest BCUT2D eigenvalue weighted by Gasteiger charge is -2.13. The van der Waals surface area contributed by atoms with E-state index in [-0.39, 0.29) is 5.91 Å². The van der Waals surface area contributed by atoms with Gasteiger partial charge in [-0.3, -0.25) is 4.79 Å². The summed E-state index contributed by atoms with van der Waals surface area (Å²) in [5.74, 6) is -0.133. The van der Waals surface area contributed by atoms with Crippen molar-refractivity contribution < 1.29 is 4.79 Å². The maximum absolute atomic E-state index is 11.7. The first kappa shape index (κ1) is 12.6. The van der Waals surface area contributed by atoms with Gasteiger partial charge in [0.15, 0.2) is 0 Å². The fourth-order valence-electron chi connectivity index (χ4n) is 1.54. The van der Waals surface area contributed by atoms with Crippen LogP contribution in [0.4, 0.5) is 5.69 Å². The molecule has 0 bridgehead atoms. The van der Waals surface area contributed by atoms with Crippen molar-refractivity contribution >= 4 is 22.9 Å². The van der Waals surface area contributed by atoms with E-state index in [1.165, 1.54) is 11.3 Å². The first-order chi connectivity index (χ1) is 8.66. The number of carbonyl (C=O) groups is 1. The van der Waals surface area contributed by atoms with Crippen LogP contribution in [0.2, 0.25) is 0 Å². The SMILES string of the molecule is CN(C)c1cccc(CNC(=O)c2cscn2)c1. The minimum Gasteiger partial charge on any atom is -0.378 e. The Morgan fingerprint density at radius 1 is 1.44 bits per heavy atom. The minimum absolute atomic E-state index is 0.133. The van der Waals surface area contributed by atoms with Crippen LogP contribution in [0.3, 0.4) is 0 Å². The lowest BCUT2D eigenvalue weighted by molar-refractivity contribution is 0.0946. The fourth-order valence-corrected chi connectivity index (χ4v) is 2.07. The Labute approximate surface area is 110 Å². The van der Waals surface area contributed by atoms with E-state index in [2.05, 4.69) is 16.4 Å². The molecule has 18 heavy (non-hydrogen) atoms. The predicted octanol–water partition coefficient (Wildman–Crippen LogP) is 2.14. The van der Waals surface area contributed by atoms with Crippen molar-refractivity contribution in [3.8, 4) is 0 Å². The Kier molecular flexibility index (Phi) is 3.94. The van der Waals surface area contributed by atoms with Gasteiger partial charge in [0.25, 0.3) is 5.91 Å². The summed E-state index contributed by atoms with van der Waals surface area (Å²) < 4.78 is 0. The van der Waals surface area contributed by atoms with Crippen LogP contribution in [0.1, 0.15) is 16.1 Å². The number of aromatic nitrogens is 1. The third-order valence-electron chi connectivity index (χ3n) is 2.54. The molecule has 94 valence electrons. The number of nitrogens with one attached hydrogen (secondary N) is 1. The number of nitrogens with zero attached hydrogens (tertiary/aromatic N) is 2. The Bertz CT molecular complexity index is 523. The van der Waals surface area contributed by atoms with Gasteiger partial charge in [0.2, 0.25) is 0 Å². The van der Waals surface area contributed by atoms with Gasteiger partial charge < -0.3 is 10.2 Å². The predicted molar refractivity (Wildman–Crippen MR) is 74.1 cm³/mol. The zero-order chi connectivity index (χ0) is 13.0. The van der Waals surface area contributed by atoms with Crippen LogP contribution in [0, 0.1) is 0 Å². The summed E-state index contributed by atoms with van der Waals surface area (Å²) in [5.41, 5.74) is 4.32. The molecule has 1 heterocycles. The third-order valence-corrected chi connectivity index (χ3v) is 3.13. The highest BCUT2D eigenvalue weighted by Crippen LogP contribution is 2.13. The van der Waals surface area contributed by atoms with Gasteiger partial charge >= 0.3 is 0 Å². The number of amides is 1. The molecule has 0 aliphatic carbocycles. The van der Waals surface area contributed by atoms with Gasteiger partial charge in [-0.2, -0.15) is 0 Å². The van der Waals surface area contributed by atoms with E-state index < -0.39 is 0 Å². The number of carbonyl (C=O) groups excluding carboxylic acids is 1. The molecule has 0 radical (unpaired) electrons. The van der Waals surface area contributed by atoms with Gasteiger partial charge in [0, 0.05) is 31.7 Å². The fraction of sp³-hybridized carbons (Fsp3) is 0.231. The van der Waals surface area contributed by atoms with Crippen LogP contribution in [-0.4, -0.2) is 25.0 Å². The molecule has 1 aromatic heterocycles. The Hall–Kier alpha value is -1.88. The standard InChI is InChI=1S/C13H15N3OS/c1-16(2)11-5-3-4-10(6-11)7-14-13(17)12-8-18-9-15-12/h3-6,8-9H,7H2,1-2H3,(H,14,17). The maximum atomic E-state index is 11.7. The molecule has 1 aromatic carbocycles. The van der Waals surface area contributed by atoms with E-state index >= 15 is 0 Å². The number of benzene rings is 1. The molecule has 2 aromatic rings. The van der Waals surface area contributed by atoms with Crippen LogP contribution < -0.4 is 10.2 Å². The molecular weight excluding hydrogens is 246 g/mol. The Morgan fingerprint density at radius 3 is 2.94 bits per heavy atom. The molecule has 0 aliphatic heterocycles. The number of hydrogen-bond acceptors (Lipinski definition) is 4. The van der Waals surface area contributed by atoms with Crippen molar-refractivity contribution in [2.24, 2.45) is 0 Å². The van der Waals surface area contributed by atoms with E-state index in [9.17, 15) is 4.79 Å². The van der Waals surface area contributed by atoms with Crippen molar-refractivity contribution in [2.75, 3.05) is 19.0 Å². The van der Waals surface area contributed by atoms with E-state index in [0.717, 1.165) is 11.3 Å². The summed E-state index contributed by atoms with van der Waals surface area (Å²) in [6.45, 7) is 0.512. The number of hydrogen-bond donors (Lipinski definition) is 1. The van der Waals surface area contributed by atoms with Crippen LogP contribution in [0.25, 0.3) is 0 Å². The molecule has 0 unspecified atom stereocenters. The highest BCUT2D eigenvalue weighted by Gasteiger charge is 2.06. The molecular formula is C13H15N3OS. The molecule has 0 spiro atoms. The van der Waals surface area contributed by atoms with Gasteiger partial charge in [0.05, 0.1) is 5.51 Å². The highest BCUT2D eigenvalue weighted by atomic mass is 32.1. The van der Waals surface area contributed by atoms with Crippen LogP contribution in [0.5, 0.6) is 0 Å². The molecule has 1 N–H and O–H groups in total. The van der Waals surface area contributed by atoms with E-state index in [1.54, 1.807) is 10.9 Å². The lowest BCUT2D eigenvalue weighted by Crippen LogP contribution is -2.23. The molecule has 4 nitrogen and oxygen atoms in total. The summed E-state index contributed by atoms with van der Waals surface area (Å²) in [6.07, 6.45) is 0. The summed E-state index contributed by atoms with van der Waals surface area (Å²) in [5, 5.41) is 4.60. The second-order valence-electron chi connectivity index (χ2n) is 4.12. The zero-order valence-corrected chi connectivity index (χ0v) is 11.2. The summed E-state index contributed by atoms with van der Waals surface area (Å²) in [4.78, 5) is 17.7. The van der Waals surface area contributed by atoms with Crippen molar-refractivity contribution in [3.63, 3.8) is 0 Å². The number of rotatable bonds is 4. The van der Waals surface area contributed by atoms with Gasteiger partial charge in [-0.1, -0.05) is 12.1 Å². The molecule has 0 aliphatic rings. The summed E-state index contributed by atoms with van der Waals surface area (Å²) >= 11 is 1.42. The Morgan fingerprint density at radius 2 is 2.28 bits per heavy atom. The van der Waals surface area contributed by atoms with Gasteiger partial charge in [-0.05, 0) is 17.7 Å². The van der Waals surface area contributed by atoms with E-state index in [4.69, 9.17) is 0 Å². The molecule has 1 amide bonds. The van der Waals surface area contributed by atoms with Gasteiger partial charge in [0.1, 0.15) is 5.69 Å². The largest absolute Gasteiger partial charge is 0.378 e. The van der Waals surface area contributed by atoms with Crippen molar-refractivity contribution in [1.82, 2.24) is 10.3 Å². The Balaban J connectivity index is 1.98. The highest BCUT2D eigenvalue weighted by molar-refractivity contribution is 7.07. The summed E-state index contributed by atoms with van der Waals surface area (Å²) in [7, 11) is 3.99. The van der Waals surface area contributed by atoms with Crippen molar-refractivity contribution in [1.29, 1.82) is 0 Å². The molecule has 0 fully saturated rings. The zero-order valence-electron chi connectivity index (χ0n) is 10.4. The topological polar surface area (TPSA) is 45.2 Å². The second-order valence-corrected chi connectivity index (χ2v) is 4.84. The van der Waals surface area contributed by atoms with Gasteiger partial charge in [-0.15, -0.1) is 11.3 Å². The number of anilines is 1. The normalized spacial score (nSPS) is 10.1. The van der Waals surface area contributed by atoms with Crippen molar-refractivity contribution in [2.45, 2.75) is 6.54 Å². The van der Waals surface area contributed by atoms with Crippen LogP contribution in [-0.2, 0) is 6.54 Å². The molecule has 0 atom stereocenters. The van der Waals surface area contributed by atoms with Crippen LogP contribution in [0.15, 0.2) is 35.2 Å². The molecule has 0 saturated carbocycles. The molecule has 5 heteroatoms. The molecule has 2 rings (SSSR count). The minimum atomic E-state index is -0.133. The monoisotopic (exact) mass is 261 g/mol. The first-order valence-corrected chi connectivity index (χ1v) is 6.54. The quantitative estimate of drug-likeness (QED) is 0.917. The summed E-state index contributed by atoms with van der Waals surface area (Å²) in [6, 6.07) is 8.07. The lowest BCUT2D eigenvalue weighted by atomic mass is 10.2.